The van der Waals surface area contributed by atoms with Crippen LogP contribution in [0.3, 0.4) is 0 Å². The van der Waals surface area contributed by atoms with Crippen molar-refractivity contribution in [1.82, 2.24) is 9.80 Å². The molecule has 0 spiro atoms. The minimum absolute atomic E-state index is 0.0732. The Balaban J connectivity index is 2.34. The Morgan fingerprint density at radius 1 is 1.38 bits per heavy atom. The molecule has 0 aromatic heterocycles. The van der Waals surface area contributed by atoms with Gasteiger partial charge in [0.2, 0.25) is 5.91 Å². The molecule has 0 aliphatic carbocycles. The van der Waals surface area contributed by atoms with E-state index in [-0.39, 0.29) is 18.4 Å². The highest BCUT2D eigenvalue weighted by atomic mass is 16.4. The van der Waals surface area contributed by atoms with E-state index in [1.165, 1.54) is 0 Å². The fourth-order valence-electron chi connectivity index (χ4n) is 1.84. The van der Waals surface area contributed by atoms with Crippen molar-refractivity contribution >= 4 is 11.9 Å². The van der Waals surface area contributed by atoms with Crippen LogP contribution in [-0.2, 0) is 9.59 Å². The average Bonchev–Trinajstić information content (AvgIpc) is 2.68. The van der Waals surface area contributed by atoms with Crippen molar-refractivity contribution < 1.29 is 14.7 Å². The number of carbonyl (C=O) groups excluding carboxylic acids is 1. The molecular formula is C11H20N2O3. The van der Waals surface area contributed by atoms with Crippen molar-refractivity contribution in [3.8, 4) is 0 Å². The lowest BCUT2D eigenvalue weighted by Gasteiger charge is -2.25. The maximum absolute atomic E-state index is 11.8. The molecular weight excluding hydrogens is 208 g/mol. The molecule has 0 bridgehead atoms. The van der Waals surface area contributed by atoms with E-state index in [1.54, 1.807) is 11.9 Å². The lowest BCUT2D eigenvalue weighted by Crippen LogP contribution is -2.41. The number of hydrogen-bond donors (Lipinski definition) is 1. The summed E-state index contributed by atoms with van der Waals surface area (Å²) in [6, 6.07) is -0.107. The topological polar surface area (TPSA) is 60.9 Å². The van der Waals surface area contributed by atoms with Crippen LogP contribution >= 0.6 is 0 Å². The Kier molecular flexibility index (Phi) is 4.73. The fraction of sp³-hybridized carbons (Fsp3) is 0.818. The molecule has 92 valence electrons. The summed E-state index contributed by atoms with van der Waals surface area (Å²) in [6.07, 6.45) is 2.24. The Morgan fingerprint density at radius 2 is 1.94 bits per heavy atom. The third-order valence-electron chi connectivity index (χ3n) is 3.07. The summed E-state index contributed by atoms with van der Waals surface area (Å²) in [4.78, 5) is 26.0. The van der Waals surface area contributed by atoms with Crippen LogP contribution in [0.15, 0.2) is 0 Å². The van der Waals surface area contributed by atoms with Gasteiger partial charge in [-0.25, -0.2) is 0 Å². The maximum Gasteiger partial charge on any atom is 0.304 e. The van der Waals surface area contributed by atoms with Gasteiger partial charge in [0.05, 0.1) is 13.0 Å². The molecule has 1 aliphatic rings. The third kappa shape index (κ3) is 3.81. The summed E-state index contributed by atoms with van der Waals surface area (Å²) in [5.74, 6) is -0.717. The standard InChI is InChI=1S/C11H20N2O3/c1-9(7-11(15)16)12(2)8-10(14)13-5-3-4-6-13/h9H,3-8H2,1-2H3,(H,15,16). The van der Waals surface area contributed by atoms with Crippen LogP contribution in [0.1, 0.15) is 26.2 Å². The molecule has 5 heteroatoms. The van der Waals surface area contributed by atoms with Gasteiger partial charge in [0.25, 0.3) is 0 Å². The highest BCUT2D eigenvalue weighted by molar-refractivity contribution is 5.78. The molecule has 1 atom stereocenters. The summed E-state index contributed by atoms with van der Waals surface area (Å²) in [5.41, 5.74) is 0. The number of likely N-dealkylation sites (N-methyl/N-ethyl adjacent to an activating group) is 1. The first-order chi connectivity index (χ1) is 7.50. The molecule has 1 N–H and O–H groups in total. The molecule has 0 saturated carbocycles. The van der Waals surface area contributed by atoms with E-state index in [0.717, 1.165) is 25.9 Å². The van der Waals surface area contributed by atoms with Crippen LogP contribution in [0.5, 0.6) is 0 Å². The summed E-state index contributed by atoms with van der Waals surface area (Å²) in [7, 11) is 1.79. The molecule has 1 rings (SSSR count). The van der Waals surface area contributed by atoms with Crippen molar-refractivity contribution in [1.29, 1.82) is 0 Å². The van der Waals surface area contributed by atoms with Crippen LogP contribution < -0.4 is 0 Å². The molecule has 1 aliphatic heterocycles. The van der Waals surface area contributed by atoms with Gasteiger partial charge in [-0.05, 0) is 26.8 Å². The first kappa shape index (κ1) is 13.0. The zero-order valence-corrected chi connectivity index (χ0v) is 9.98. The molecule has 5 nitrogen and oxygen atoms in total. The van der Waals surface area contributed by atoms with E-state index in [2.05, 4.69) is 0 Å². The Labute approximate surface area is 96.0 Å². The monoisotopic (exact) mass is 228 g/mol. The van der Waals surface area contributed by atoms with Crippen LogP contribution in [-0.4, -0.2) is 59.5 Å². The second kappa shape index (κ2) is 5.84. The predicted octanol–water partition coefficient (Wildman–Crippen LogP) is 0.404. The zero-order valence-electron chi connectivity index (χ0n) is 9.98. The molecule has 0 radical (unpaired) electrons. The molecule has 1 heterocycles. The largest absolute Gasteiger partial charge is 0.481 e. The van der Waals surface area contributed by atoms with E-state index in [0.29, 0.717) is 6.54 Å². The number of likely N-dealkylation sites (tertiary alicyclic amines) is 1. The van der Waals surface area contributed by atoms with Gasteiger partial charge < -0.3 is 10.0 Å². The number of rotatable bonds is 5. The van der Waals surface area contributed by atoms with E-state index in [1.807, 2.05) is 11.8 Å². The molecule has 1 amide bonds. The van der Waals surface area contributed by atoms with Gasteiger partial charge >= 0.3 is 5.97 Å². The van der Waals surface area contributed by atoms with Gasteiger partial charge in [-0.2, -0.15) is 0 Å². The number of carboxylic acids is 1. The molecule has 16 heavy (non-hydrogen) atoms. The second-order valence-corrected chi connectivity index (χ2v) is 4.45. The van der Waals surface area contributed by atoms with Gasteiger partial charge in [-0.1, -0.05) is 0 Å². The number of amides is 1. The van der Waals surface area contributed by atoms with Crippen molar-refractivity contribution in [2.45, 2.75) is 32.2 Å². The van der Waals surface area contributed by atoms with Gasteiger partial charge in [0.1, 0.15) is 0 Å². The van der Waals surface area contributed by atoms with Crippen LogP contribution in [0.4, 0.5) is 0 Å². The first-order valence-corrected chi connectivity index (χ1v) is 5.70. The predicted molar refractivity (Wildman–Crippen MR) is 60.2 cm³/mol. The number of hydrogen-bond acceptors (Lipinski definition) is 3. The van der Waals surface area contributed by atoms with Crippen LogP contribution in [0.25, 0.3) is 0 Å². The van der Waals surface area contributed by atoms with Crippen LogP contribution in [0, 0.1) is 0 Å². The minimum Gasteiger partial charge on any atom is -0.481 e. The molecule has 1 saturated heterocycles. The van der Waals surface area contributed by atoms with Gasteiger partial charge in [-0.15, -0.1) is 0 Å². The summed E-state index contributed by atoms with van der Waals surface area (Å²) < 4.78 is 0. The Hall–Kier alpha value is -1.10. The highest BCUT2D eigenvalue weighted by Crippen LogP contribution is 2.09. The average molecular weight is 228 g/mol. The Bertz CT molecular complexity index is 262. The summed E-state index contributed by atoms with van der Waals surface area (Å²) in [6.45, 7) is 3.83. The highest BCUT2D eigenvalue weighted by Gasteiger charge is 2.21. The smallest absolute Gasteiger partial charge is 0.304 e. The fourth-order valence-corrected chi connectivity index (χ4v) is 1.84. The molecule has 1 fully saturated rings. The molecule has 0 aromatic carbocycles. The van der Waals surface area contributed by atoms with Gasteiger partial charge in [-0.3, -0.25) is 14.5 Å². The summed E-state index contributed by atoms with van der Waals surface area (Å²) in [5, 5.41) is 8.66. The number of carboxylic acid groups (broad SMARTS) is 1. The maximum atomic E-state index is 11.8. The SMILES string of the molecule is CC(CC(=O)O)N(C)CC(=O)N1CCCC1. The lowest BCUT2D eigenvalue weighted by molar-refractivity contribution is -0.139. The van der Waals surface area contributed by atoms with Crippen molar-refractivity contribution in [3.05, 3.63) is 0 Å². The second-order valence-electron chi connectivity index (χ2n) is 4.45. The van der Waals surface area contributed by atoms with E-state index in [9.17, 15) is 9.59 Å². The van der Waals surface area contributed by atoms with Gasteiger partial charge in [0.15, 0.2) is 0 Å². The van der Waals surface area contributed by atoms with Gasteiger partial charge in [0, 0.05) is 19.1 Å². The van der Waals surface area contributed by atoms with Crippen LogP contribution in [0.2, 0.25) is 0 Å². The summed E-state index contributed by atoms with van der Waals surface area (Å²) >= 11 is 0. The quantitative estimate of drug-likeness (QED) is 0.740. The lowest BCUT2D eigenvalue weighted by atomic mass is 10.2. The van der Waals surface area contributed by atoms with E-state index < -0.39 is 5.97 Å². The van der Waals surface area contributed by atoms with E-state index in [4.69, 9.17) is 5.11 Å². The number of nitrogens with zero attached hydrogens (tertiary/aromatic N) is 2. The van der Waals surface area contributed by atoms with Crippen molar-refractivity contribution in [2.24, 2.45) is 0 Å². The Morgan fingerprint density at radius 3 is 2.44 bits per heavy atom. The van der Waals surface area contributed by atoms with E-state index >= 15 is 0 Å². The third-order valence-corrected chi connectivity index (χ3v) is 3.07. The zero-order chi connectivity index (χ0) is 12.1. The minimum atomic E-state index is -0.826. The number of aliphatic carboxylic acids is 1. The van der Waals surface area contributed by atoms with Crippen molar-refractivity contribution in [3.63, 3.8) is 0 Å². The first-order valence-electron chi connectivity index (χ1n) is 5.70. The number of carbonyl (C=O) groups is 2. The molecule has 1 unspecified atom stereocenters. The van der Waals surface area contributed by atoms with Crippen molar-refractivity contribution in [2.75, 3.05) is 26.7 Å². The normalized spacial score (nSPS) is 17.8. The molecule has 0 aromatic rings.